The zero-order valence-corrected chi connectivity index (χ0v) is 19.2. The second kappa shape index (κ2) is 8.95. The highest BCUT2D eigenvalue weighted by Gasteiger charge is 2.51. The number of benzene rings is 1. The highest BCUT2D eigenvalue weighted by atomic mass is 35.5. The summed E-state index contributed by atoms with van der Waals surface area (Å²) in [5.74, 6) is 0.0829. The molecule has 0 radical (unpaired) electrons. The maximum Gasteiger partial charge on any atom is 0.231 e. The molecule has 1 saturated carbocycles. The van der Waals surface area contributed by atoms with Gasteiger partial charge in [0, 0.05) is 37.2 Å². The first kappa shape index (κ1) is 22.6. The number of amides is 1. The van der Waals surface area contributed by atoms with E-state index in [9.17, 15) is 9.90 Å². The van der Waals surface area contributed by atoms with Gasteiger partial charge in [0.05, 0.1) is 11.0 Å². The number of rotatable bonds is 5. The molecule has 1 atom stereocenters. The molecule has 3 rings (SSSR count). The lowest BCUT2D eigenvalue weighted by Gasteiger charge is -2.49. The fourth-order valence-electron chi connectivity index (χ4n) is 5.19. The average Bonchev–Trinajstić information content (AvgIpc) is 2.73. The van der Waals surface area contributed by atoms with Crippen LogP contribution in [0.25, 0.3) is 0 Å². The summed E-state index contributed by atoms with van der Waals surface area (Å²) in [6.45, 7) is 7.54. The third kappa shape index (κ3) is 4.50. The van der Waals surface area contributed by atoms with Crippen molar-refractivity contribution in [1.82, 2.24) is 9.80 Å². The molecule has 29 heavy (non-hydrogen) atoms. The molecule has 1 unspecified atom stereocenters. The van der Waals surface area contributed by atoms with Gasteiger partial charge in [-0.15, -0.1) is 0 Å². The number of nitrogens with zero attached hydrogens (tertiary/aromatic N) is 2. The van der Waals surface area contributed by atoms with Crippen LogP contribution in [0.2, 0.25) is 5.02 Å². The lowest BCUT2D eigenvalue weighted by atomic mass is 9.68. The van der Waals surface area contributed by atoms with E-state index in [0.29, 0.717) is 18.9 Å². The Morgan fingerprint density at radius 3 is 2.38 bits per heavy atom. The largest absolute Gasteiger partial charge is 0.389 e. The molecule has 1 saturated heterocycles. The van der Waals surface area contributed by atoms with E-state index in [1.807, 2.05) is 44.0 Å². The van der Waals surface area contributed by atoms with E-state index in [0.717, 1.165) is 36.5 Å². The molecular formula is C24H37ClN2O2. The number of halogens is 1. The molecule has 1 heterocycles. The van der Waals surface area contributed by atoms with Gasteiger partial charge >= 0.3 is 0 Å². The standard InChI is InChI=1S/C24H37ClN2O2/c1-18(20-12-8-9-13-21(20)25)27-16-14-24(29,15-17-27)23(2,3)22(28)26(4)19-10-6-5-7-11-19/h8-9,12-13,18-19,29H,5-7,10-11,14-17H2,1-4H3. The number of aliphatic hydroxyl groups is 1. The Morgan fingerprint density at radius 2 is 1.79 bits per heavy atom. The van der Waals surface area contributed by atoms with Gasteiger partial charge in [-0.1, -0.05) is 49.1 Å². The average molecular weight is 421 g/mol. The molecule has 1 aliphatic carbocycles. The van der Waals surface area contributed by atoms with Crippen LogP contribution in [0, 0.1) is 5.41 Å². The van der Waals surface area contributed by atoms with Gasteiger partial charge in [0.25, 0.3) is 0 Å². The van der Waals surface area contributed by atoms with Gasteiger partial charge in [0.1, 0.15) is 0 Å². The topological polar surface area (TPSA) is 43.8 Å². The molecule has 0 spiro atoms. The highest BCUT2D eigenvalue weighted by molar-refractivity contribution is 6.31. The first-order chi connectivity index (χ1) is 13.7. The van der Waals surface area contributed by atoms with Crippen molar-refractivity contribution in [3.05, 3.63) is 34.9 Å². The van der Waals surface area contributed by atoms with Crippen molar-refractivity contribution >= 4 is 17.5 Å². The van der Waals surface area contributed by atoms with Crippen molar-refractivity contribution in [2.75, 3.05) is 20.1 Å². The summed E-state index contributed by atoms with van der Waals surface area (Å²) in [6.07, 6.45) is 7.02. The van der Waals surface area contributed by atoms with Crippen LogP contribution in [0.5, 0.6) is 0 Å². The molecule has 0 aromatic heterocycles. The molecule has 1 aromatic rings. The maximum absolute atomic E-state index is 13.4. The van der Waals surface area contributed by atoms with Crippen LogP contribution in [-0.2, 0) is 4.79 Å². The Hall–Kier alpha value is -1.10. The Morgan fingerprint density at radius 1 is 1.21 bits per heavy atom. The lowest BCUT2D eigenvalue weighted by Crippen LogP contribution is -2.59. The molecule has 0 bridgehead atoms. The van der Waals surface area contributed by atoms with E-state index in [1.54, 1.807) is 0 Å². The smallest absolute Gasteiger partial charge is 0.231 e. The Bertz CT molecular complexity index is 707. The number of hydrogen-bond donors (Lipinski definition) is 1. The van der Waals surface area contributed by atoms with E-state index in [2.05, 4.69) is 17.9 Å². The van der Waals surface area contributed by atoms with Crippen LogP contribution >= 0.6 is 11.6 Å². The molecule has 1 N–H and O–H groups in total. The van der Waals surface area contributed by atoms with E-state index in [1.165, 1.54) is 19.3 Å². The minimum absolute atomic E-state index is 0.0829. The maximum atomic E-state index is 13.4. The fourth-order valence-corrected chi connectivity index (χ4v) is 5.48. The summed E-state index contributed by atoms with van der Waals surface area (Å²) in [6, 6.07) is 8.47. The van der Waals surface area contributed by atoms with Crippen molar-refractivity contribution in [1.29, 1.82) is 0 Å². The molecule has 1 aromatic carbocycles. The number of carbonyl (C=O) groups is 1. The molecule has 1 aliphatic heterocycles. The molecule has 2 aliphatic rings. The zero-order valence-electron chi connectivity index (χ0n) is 18.5. The normalized spacial score (nSPS) is 22.3. The number of hydrogen-bond acceptors (Lipinski definition) is 3. The van der Waals surface area contributed by atoms with Crippen LogP contribution in [0.4, 0.5) is 0 Å². The fraction of sp³-hybridized carbons (Fsp3) is 0.708. The Balaban J connectivity index is 1.66. The SMILES string of the molecule is CC(c1ccccc1Cl)N1CCC(O)(C(C)(C)C(=O)N(C)C2CCCCC2)CC1. The van der Waals surface area contributed by atoms with Crippen LogP contribution in [-0.4, -0.2) is 52.6 Å². The minimum Gasteiger partial charge on any atom is -0.389 e. The van der Waals surface area contributed by atoms with Gasteiger partial charge in [0.2, 0.25) is 5.91 Å². The third-order valence-corrected chi connectivity index (χ3v) is 8.01. The summed E-state index contributed by atoms with van der Waals surface area (Å²) < 4.78 is 0. The van der Waals surface area contributed by atoms with Gasteiger partial charge < -0.3 is 10.0 Å². The van der Waals surface area contributed by atoms with E-state index in [4.69, 9.17) is 11.6 Å². The summed E-state index contributed by atoms with van der Waals surface area (Å²) in [5, 5.41) is 12.3. The monoisotopic (exact) mass is 420 g/mol. The second-order valence-corrected chi connectivity index (χ2v) is 10.0. The molecule has 2 fully saturated rings. The van der Waals surface area contributed by atoms with Gasteiger partial charge in [-0.2, -0.15) is 0 Å². The van der Waals surface area contributed by atoms with E-state index in [-0.39, 0.29) is 11.9 Å². The molecule has 4 nitrogen and oxygen atoms in total. The van der Waals surface area contributed by atoms with Crippen LogP contribution in [0.1, 0.15) is 77.3 Å². The van der Waals surface area contributed by atoms with Crippen LogP contribution in [0.15, 0.2) is 24.3 Å². The van der Waals surface area contributed by atoms with Gasteiger partial charge in [-0.05, 0) is 58.1 Å². The lowest BCUT2D eigenvalue weighted by molar-refractivity contribution is -0.166. The summed E-state index contributed by atoms with van der Waals surface area (Å²) in [5.41, 5.74) is -0.658. The van der Waals surface area contributed by atoms with Crippen LogP contribution in [0.3, 0.4) is 0 Å². The minimum atomic E-state index is -0.982. The summed E-state index contributed by atoms with van der Waals surface area (Å²) in [7, 11) is 1.93. The molecule has 162 valence electrons. The zero-order chi connectivity index (χ0) is 21.2. The molecule has 1 amide bonds. The highest BCUT2D eigenvalue weighted by Crippen LogP contribution is 2.43. The predicted molar refractivity (Wildman–Crippen MR) is 119 cm³/mol. The second-order valence-electron chi connectivity index (χ2n) is 9.60. The predicted octanol–water partition coefficient (Wildman–Crippen LogP) is 5.05. The van der Waals surface area contributed by atoms with Crippen molar-refractivity contribution in [3.8, 4) is 0 Å². The Kier molecular flexibility index (Phi) is 6.97. The van der Waals surface area contributed by atoms with Crippen molar-refractivity contribution in [2.45, 2.75) is 83.4 Å². The summed E-state index contributed by atoms with van der Waals surface area (Å²) in [4.78, 5) is 17.7. The first-order valence-electron chi connectivity index (χ1n) is 11.2. The van der Waals surface area contributed by atoms with E-state index >= 15 is 0 Å². The van der Waals surface area contributed by atoms with Crippen molar-refractivity contribution < 1.29 is 9.90 Å². The van der Waals surface area contributed by atoms with Gasteiger partial charge in [0.15, 0.2) is 0 Å². The number of piperidine rings is 1. The number of carbonyl (C=O) groups excluding carboxylic acids is 1. The van der Waals surface area contributed by atoms with Gasteiger partial charge in [-0.3, -0.25) is 9.69 Å². The van der Waals surface area contributed by atoms with Gasteiger partial charge in [-0.25, -0.2) is 0 Å². The number of likely N-dealkylation sites (tertiary alicyclic amines) is 1. The summed E-state index contributed by atoms with van der Waals surface area (Å²) >= 11 is 6.39. The third-order valence-electron chi connectivity index (χ3n) is 7.67. The van der Waals surface area contributed by atoms with Crippen LogP contribution < -0.4 is 0 Å². The van der Waals surface area contributed by atoms with E-state index < -0.39 is 11.0 Å². The first-order valence-corrected chi connectivity index (χ1v) is 11.5. The quantitative estimate of drug-likeness (QED) is 0.725. The van der Waals surface area contributed by atoms with Crippen molar-refractivity contribution in [2.24, 2.45) is 5.41 Å². The molecular weight excluding hydrogens is 384 g/mol. The Labute approximate surface area is 181 Å². The van der Waals surface area contributed by atoms with Crippen molar-refractivity contribution in [3.63, 3.8) is 0 Å². The molecule has 5 heteroatoms.